The Balaban J connectivity index is 3.47. The van der Waals surface area contributed by atoms with Crippen molar-refractivity contribution in [3.63, 3.8) is 0 Å². The number of likely N-dealkylation sites (N-methyl/N-ethyl adjacent to an activating group) is 1. The summed E-state index contributed by atoms with van der Waals surface area (Å²) in [7, 11) is 4.29. The van der Waals surface area contributed by atoms with Gasteiger partial charge in [0.15, 0.2) is 0 Å². The van der Waals surface area contributed by atoms with E-state index in [0.717, 1.165) is 23.1 Å². The zero-order chi connectivity index (χ0) is 17.4. The molecule has 0 aliphatic carbocycles. The SMILES string of the molecule is CCCCCCCCCCCC[N+](C)(C)CC(O)CSOOO. The fourth-order valence-corrected chi connectivity index (χ4v) is 3.23. The first-order valence-electron chi connectivity index (χ1n) is 9.11. The van der Waals surface area contributed by atoms with Crippen molar-refractivity contribution in [2.75, 3.05) is 32.9 Å². The second kappa shape index (κ2) is 15.7. The smallest absolute Gasteiger partial charge is 0.114 e. The standard InChI is InChI=1S/C17H37NO4S/c1-4-5-6-7-8-9-10-11-12-13-14-18(2,3)15-17(19)16-23-22-21-20/h17,19H,4-16H2,1-3H3/p+1. The van der Waals surface area contributed by atoms with Gasteiger partial charge in [-0.3, -0.25) is 0 Å². The molecule has 0 fully saturated rings. The molecule has 0 bridgehead atoms. The molecule has 0 aromatic heterocycles. The molecule has 0 rings (SSSR count). The van der Waals surface area contributed by atoms with Crippen molar-refractivity contribution in [3.05, 3.63) is 0 Å². The van der Waals surface area contributed by atoms with Gasteiger partial charge in [-0.1, -0.05) is 63.3 Å². The number of quaternary nitrogens is 1. The van der Waals surface area contributed by atoms with Crippen LogP contribution in [0.15, 0.2) is 0 Å². The lowest BCUT2D eigenvalue weighted by molar-refractivity contribution is -0.893. The zero-order valence-corrected chi connectivity index (χ0v) is 16.2. The van der Waals surface area contributed by atoms with Gasteiger partial charge in [-0.25, -0.2) is 5.26 Å². The number of unbranched alkanes of at least 4 members (excludes halogenated alkanes) is 9. The maximum Gasteiger partial charge on any atom is 0.114 e. The minimum Gasteiger partial charge on any atom is -0.386 e. The van der Waals surface area contributed by atoms with E-state index in [9.17, 15) is 5.11 Å². The van der Waals surface area contributed by atoms with Crippen LogP contribution in [0.1, 0.15) is 71.1 Å². The van der Waals surface area contributed by atoms with Gasteiger partial charge in [0.1, 0.15) is 12.6 Å². The lowest BCUT2D eigenvalue weighted by Crippen LogP contribution is -2.46. The van der Waals surface area contributed by atoms with Crippen molar-refractivity contribution < 1.29 is 24.2 Å². The molecule has 0 aliphatic rings. The Hall–Kier alpha value is 0.150. The molecule has 0 aromatic carbocycles. The highest BCUT2D eigenvalue weighted by Crippen LogP contribution is 2.13. The van der Waals surface area contributed by atoms with Gasteiger partial charge in [-0.2, -0.15) is 0 Å². The maximum atomic E-state index is 9.92. The Labute approximate surface area is 147 Å². The summed E-state index contributed by atoms with van der Waals surface area (Å²) < 4.78 is 5.10. The lowest BCUT2D eigenvalue weighted by Gasteiger charge is -2.31. The second-order valence-corrected chi connectivity index (χ2v) is 7.81. The molecular weight excluding hydrogens is 314 g/mol. The normalized spacial score (nSPS) is 13.4. The molecule has 0 aromatic rings. The summed E-state index contributed by atoms with van der Waals surface area (Å²) in [5.41, 5.74) is 0. The van der Waals surface area contributed by atoms with E-state index in [1.165, 1.54) is 64.2 Å². The molecule has 0 aliphatic heterocycles. The largest absolute Gasteiger partial charge is 0.386 e. The molecule has 0 spiro atoms. The number of hydrogen-bond acceptors (Lipinski definition) is 5. The van der Waals surface area contributed by atoms with E-state index in [1.54, 1.807) is 0 Å². The zero-order valence-electron chi connectivity index (χ0n) is 15.3. The van der Waals surface area contributed by atoms with Crippen molar-refractivity contribution in [1.82, 2.24) is 0 Å². The Bertz CT molecular complexity index is 255. The number of aliphatic hydroxyl groups is 1. The van der Waals surface area contributed by atoms with Gasteiger partial charge in [0.25, 0.3) is 0 Å². The number of rotatable bonds is 17. The summed E-state index contributed by atoms with van der Waals surface area (Å²) in [5.74, 6) is 0.389. The monoisotopic (exact) mass is 352 g/mol. The average Bonchev–Trinajstić information content (AvgIpc) is 2.49. The van der Waals surface area contributed by atoms with Crippen molar-refractivity contribution in [1.29, 1.82) is 0 Å². The fourth-order valence-electron chi connectivity index (χ4n) is 2.87. The third kappa shape index (κ3) is 16.8. The Morgan fingerprint density at radius 2 is 1.43 bits per heavy atom. The molecule has 23 heavy (non-hydrogen) atoms. The van der Waals surface area contributed by atoms with Crippen LogP contribution in [-0.2, 0) is 9.37 Å². The van der Waals surface area contributed by atoms with Gasteiger partial charge in [-0.15, -0.1) is 4.33 Å². The molecule has 0 saturated carbocycles. The van der Waals surface area contributed by atoms with Crippen LogP contribution in [0, 0.1) is 0 Å². The number of aliphatic hydroxyl groups excluding tert-OH is 1. The summed E-state index contributed by atoms with van der Waals surface area (Å²) in [5, 5.41) is 21.5. The molecule has 1 unspecified atom stereocenters. The highest BCUT2D eigenvalue weighted by atomic mass is 32.2. The molecule has 140 valence electrons. The Morgan fingerprint density at radius 1 is 0.913 bits per heavy atom. The van der Waals surface area contributed by atoms with E-state index >= 15 is 0 Å². The van der Waals surface area contributed by atoms with E-state index in [1.807, 2.05) is 0 Å². The molecule has 0 radical (unpaired) electrons. The summed E-state index contributed by atoms with van der Waals surface area (Å²) in [6.45, 7) is 4.02. The molecule has 0 amide bonds. The first-order valence-corrected chi connectivity index (χ1v) is 10.0. The van der Waals surface area contributed by atoms with Gasteiger partial charge in [0.2, 0.25) is 0 Å². The molecule has 6 heteroatoms. The molecule has 2 N–H and O–H groups in total. The van der Waals surface area contributed by atoms with E-state index in [2.05, 4.69) is 30.4 Å². The predicted octanol–water partition coefficient (Wildman–Crippen LogP) is 4.41. The van der Waals surface area contributed by atoms with Gasteiger partial charge in [0, 0.05) is 12.0 Å². The quantitative estimate of drug-likeness (QED) is 0.133. The number of nitrogens with zero attached hydrogens (tertiary/aromatic N) is 1. The maximum absolute atomic E-state index is 9.92. The van der Waals surface area contributed by atoms with Crippen LogP contribution in [-0.4, -0.2) is 53.9 Å². The van der Waals surface area contributed by atoms with E-state index < -0.39 is 6.10 Å². The van der Waals surface area contributed by atoms with Crippen LogP contribution < -0.4 is 0 Å². The fraction of sp³-hybridized carbons (Fsp3) is 1.00. The first kappa shape index (κ1) is 23.1. The molecular formula is C17H38NO4S+. The molecule has 1 atom stereocenters. The lowest BCUT2D eigenvalue weighted by atomic mass is 10.1. The minimum atomic E-state index is -0.465. The van der Waals surface area contributed by atoms with Crippen LogP contribution in [0.5, 0.6) is 0 Å². The number of hydrogen-bond donors (Lipinski definition) is 2. The van der Waals surface area contributed by atoms with Gasteiger partial charge >= 0.3 is 0 Å². The van der Waals surface area contributed by atoms with Crippen LogP contribution in [0.3, 0.4) is 0 Å². The van der Waals surface area contributed by atoms with E-state index in [4.69, 9.17) is 5.26 Å². The Kier molecular flexibility index (Phi) is 15.8. The topological polar surface area (TPSA) is 58.9 Å². The molecule has 0 heterocycles. The van der Waals surface area contributed by atoms with Gasteiger partial charge in [-0.05, 0) is 12.8 Å². The van der Waals surface area contributed by atoms with Gasteiger partial charge < -0.3 is 9.59 Å². The van der Waals surface area contributed by atoms with Crippen LogP contribution in [0.4, 0.5) is 0 Å². The third-order valence-electron chi connectivity index (χ3n) is 4.16. The Morgan fingerprint density at radius 3 is 1.96 bits per heavy atom. The van der Waals surface area contributed by atoms with Crippen LogP contribution >= 0.6 is 12.0 Å². The summed E-state index contributed by atoms with van der Waals surface area (Å²) in [4.78, 5) is 0. The van der Waals surface area contributed by atoms with Gasteiger partial charge in [0.05, 0.1) is 26.4 Å². The summed E-state index contributed by atoms with van der Waals surface area (Å²) in [6, 6.07) is 0. The van der Waals surface area contributed by atoms with Crippen LogP contribution in [0.2, 0.25) is 0 Å². The predicted molar refractivity (Wildman–Crippen MR) is 97.0 cm³/mol. The third-order valence-corrected chi connectivity index (χ3v) is 4.84. The minimum absolute atomic E-state index is 0.389. The first-order chi connectivity index (χ1) is 11.0. The van der Waals surface area contributed by atoms with E-state index in [-0.39, 0.29) is 0 Å². The van der Waals surface area contributed by atoms with Crippen molar-refractivity contribution in [2.24, 2.45) is 0 Å². The average molecular weight is 353 g/mol. The summed E-state index contributed by atoms with van der Waals surface area (Å²) >= 11 is 0.914. The van der Waals surface area contributed by atoms with Crippen molar-refractivity contribution in [2.45, 2.75) is 77.2 Å². The summed E-state index contributed by atoms with van der Waals surface area (Å²) in [6.07, 6.45) is 13.0. The molecule has 5 nitrogen and oxygen atoms in total. The second-order valence-electron chi connectivity index (χ2n) is 7.10. The van der Waals surface area contributed by atoms with Crippen molar-refractivity contribution in [3.8, 4) is 0 Å². The van der Waals surface area contributed by atoms with Crippen molar-refractivity contribution >= 4 is 12.0 Å². The van der Waals surface area contributed by atoms with Crippen LogP contribution in [0.25, 0.3) is 0 Å². The van der Waals surface area contributed by atoms with E-state index in [0.29, 0.717) is 12.3 Å². The highest BCUT2D eigenvalue weighted by Gasteiger charge is 2.20. The highest BCUT2D eigenvalue weighted by molar-refractivity contribution is 7.94. The molecule has 0 saturated heterocycles.